The average Bonchev–Trinajstić information content (AvgIpc) is 3.31. The normalized spacial score (nSPS) is 20.8. The van der Waals surface area contributed by atoms with Gasteiger partial charge in [0.25, 0.3) is 0 Å². The minimum atomic E-state index is -2.29. The van der Waals surface area contributed by atoms with E-state index in [0.29, 0.717) is 16.7 Å². The van der Waals surface area contributed by atoms with Gasteiger partial charge in [-0.25, -0.2) is 9.78 Å². The van der Waals surface area contributed by atoms with Gasteiger partial charge in [0.2, 0.25) is 11.4 Å². The Kier molecular flexibility index (Phi) is 6.30. The fraction of sp³-hybridized carbons (Fsp3) is 0.172. The second-order valence-corrected chi connectivity index (χ2v) is 9.26. The number of nitrogens with zero attached hydrogens (tertiary/aromatic N) is 2. The van der Waals surface area contributed by atoms with Crippen LogP contribution in [-0.4, -0.2) is 51.3 Å². The van der Waals surface area contributed by atoms with Crippen LogP contribution in [0.3, 0.4) is 0 Å². The topological polar surface area (TPSA) is 149 Å². The first-order valence-electron chi connectivity index (χ1n) is 12.0. The van der Waals surface area contributed by atoms with Gasteiger partial charge in [0, 0.05) is 23.6 Å². The van der Waals surface area contributed by atoms with Gasteiger partial charge in [0.05, 0.1) is 13.1 Å². The molecular formula is C29H26N4O5. The number of nitrogens with two attached hydrogens (primary N) is 2. The summed E-state index contributed by atoms with van der Waals surface area (Å²) in [5, 5.41) is 11.9. The van der Waals surface area contributed by atoms with Gasteiger partial charge in [0.1, 0.15) is 11.6 Å². The summed E-state index contributed by atoms with van der Waals surface area (Å²) in [6, 6.07) is 24.3. The zero-order chi connectivity index (χ0) is 26.9. The molecule has 0 aliphatic carbocycles. The van der Waals surface area contributed by atoms with Gasteiger partial charge in [-0.1, -0.05) is 60.7 Å². The van der Waals surface area contributed by atoms with Gasteiger partial charge in [-0.15, -0.1) is 0 Å². The quantitative estimate of drug-likeness (QED) is 0.254. The van der Waals surface area contributed by atoms with E-state index in [0.717, 1.165) is 10.3 Å². The van der Waals surface area contributed by atoms with Crippen molar-refractivity contribution in [2.45, 2.75) is 17.6 Å². The molecule has 2 atom stereocenters. The number of Topliss-reactive ketones (excluding diaryl/α,β-unsaturated/α-hetero) is 1. The molecule has 1 saturated heterocycles. The van der Waals surface area contributed by atoms with Crippen LogP contribution in [0.15, 0.2) is 91.1 Å². The SMILES string of the molecule is NCC(=O)N1C[C@](Oc2ccccc2)(c2ccccc2)C[C@]1(C(=O)O)C(=O)c1ccc2ccnc(N)c2c1. The minimum Gasteiger partial charge on any atom is -0.481 e. The van der Waals surface area contributed by atoms with E-state index in [9.17, 15) is 19.5 Å². The number of aliphatic carboxylic acids is 1. The van der Waals surface area contributed by atoms with Gasteiger partial charge in [-0.3, -0.25) is 9.59 Å². The highest BCUT2D eigenvalue weighted by atomic mass is 16.5. The van der Waals surface area contributed by atoms with Gasteiger partial charge >= 0.3 is 5.97 Å². The van der Waals surface area contributed by atoms with Crippen LogP contribution in [0.1, 0.15) is 22.3 Å². The largest absolute Gasteiger partial charge is 0.481 e. The van der Waals surface area contributed by atoms with Gasteiger partial charge in [-0.05, 0) is 35.2 Å². The number of anilines is 1. The molecule has 0 unspecified atom stereocenters. The number of rotatable bonds is 7. The Bertz CT molecular complexity index is 1530. The number of hydrogen-bond donors (Lipinski definition) is 3. The fourth-order valence-corrected chi connectivity index (χ4v) is 5.20. The first-order valence-corrected chi connectivity index (χ1v) is 12.0. The molecule has 1 aromatic heterocycles. The molecule has 9 nitrogen and oxygen atoms in total. The molecule has 1 amide bonds. The Morgan fingerprint density at radius 2 is 1.66 bits per heavy atom. The minimum absolute atomic E-state index is 0.0815. The van der Waals surface area contributed by atoms with Crippen LogP contribution in [0.25, 0.3) is 10.8 Å². The van der Waals surface area contributed by atoms with Crippen molar-refractivity contribution in [3.8, 4) is 5.75 Å². The summed E-state index contributed by atoms with van der Waals surface area (Å²) < 4.78 is 6.47. The second-order valence-electron chi connectivity index (χ2n) is 9.26. The van der Waals surface area contributed by atoms with Crippen molar-refractivity contribution in [3.05, 3.63) is 102 Å². The predicted octanol–water partition coefficient (Wildman–Crippen LogP) is 2.99. The van der Waals surface area contributed by atoms with E-state index in [-0.39, 0.29) is 24.3 Å². The first kappa shape index (κ1) is 24.9. The maximum Gasteiger partial charge on any atom is 0.338 e. The highest BCUT2D eigenvalue weighted by molar-refractivity contribution is 6.19. The maximum atomic E-state index is 14.2. The number of ketones is 1. The van der Waals surface area contributed by atoms with Crippen LogP contribution in [0.4, 0.5) is 5.82 Å². The summed E-state index contributed by atoms with van der Waals surface area (Å²) >= 11 is 0. The van der Waals surface area contributed by atoms with E-state index in [2.05, 4.69) is 4.98 Å². The number of fused-ring (bicyclic) bond motifs is 1. The molecule has 5 rings (SSSR count). The van der Waals surface area contributed by atoms with E-state index in [1.807, 2.05) is 12.1 Å². The van der Waals surface area contributed by atoms with Crippen LogP contribution < -0.4 is 16.2 Å². The third-order valence-corrected chi connectivity index (χ3v) is 7.04. The third-order valence-electron chi connectivity index (χ3n) is 7.04. The number of carbonyl (C=O) groups excluding carboxylic acids is 2. The molecule has 1 aliphatic heterocycles. The summed E-state index contributed by atoms with van der Waals surface area (Å²) in [5.41, 5.74) is 8.83. The molecule has 1 fully saturated rings. The Morgan fingerprint density at radius 1 is 0.974 bits per heavy atom. The van der Waals surface area contributed by atoms with Crippen molar-refractivity contribution >= 4 is 34.3 Å². The number of pyridine rings is 1. The maximum absolute atomic E-state index is 14.2. The van der Waals surface area contributed by atoms with Crippen molar-refractivity contribution in [1.82, 2.24) is 9.88 Å². The number of aromatic nitrogens is 1. The summed E-state index contributed by atoms with van der Waals surface area (Å²) in [4.78, 5) is 45.7. The molecule has 0 spiro atoms. The molecule has 5 N–H and O–H groups in total. The average molecular weight is 511 g/mol. The van der Waals surface area contributed by atoms with Gasteiger partial charge in [0.15, 0.2) is 11.4 Å². The van der Waals surface area contributed by atoms with Gasteiger partial charge < -0.3 is 26.2 Å². The van der Waals surface area contributed by atoms with Gasteiger partial charge in [-0.2, -0.15) is 0 Å². The molecule has 0 radical (unpaired) electrons. The molecule has 192 valence electrons. The lowest BCUT2D eigenvalue weighted by Crippen LogP contribution is -2.59. The lowest BCUT2D eigenvalue weighted by atomic mass is 9.80. The molecule has 9 heteroatoms. The second kappa shape index (κ2) is 9.60. The van der Waals surface area contributed by atoms with Crippen LogP contribution in [0.5, 0.6) is 5.75 Å². The zero-order valence-corrected chi connectivity index (χ0v) is 20.4. The lowest BCUT2D eigenvalue weighted by molar-refractivity contribution is -0.152. The summed E-state index contributed by atoms with van der Waals surface area (Å²) in [6.07, 6.45) is 1.21. The number of amides is 1. The van der Waals surface area contributed by atoms with Crippen LogP contribution in [-0.2, 0) is 15.2 Å². The fourth-order valence-electron chi connectivity index (χ4n) is 5.20. The Labute approximate surface area is 218 Å². The van der Waals surface area contributed by atoms with E-state index in [1.165, 1.54) is 12.1 Å². The summed E-state index contributed by atoms with van der Waals surface area (Å²) in [6.45, 7) is -0.676. The molecule has 3 aromatic carbocycles. The van der Waals surface area contributed by atoms with Crippen molar-refractivity contribution in [3.63, 3.8) is 0 Å². The number of hydrogen-bond acceptors (Lipinski definition) is 7. The lowest BCUT2D eigenvalue weighted by Gasteiger charge is -2.32. The number of nitrogen functional groups attached to an aromatic ring is 1. The summed E-state index contributed by atoms with van der Waals surface area (Å²) in [5.74, 6) is -2.26. The number of carboxylic acids is 1. The molecule has 38 heavy (non-hydrogen) atoms. The van der Waals surface area contributed by atoms with Crippen LogP contribution >= 0.6 is 0 Å². The number of benzene rings is 3. The standard InChI is InChI=1S/C29H26N4O5/c30-16-24(34)33-18-28(21-7-3-1-4-8-21,38-22-9-5-2-6-10-22)17-29(33,27(36)37)25(35)20-12-11-19-13-14-32-26(31)23(19)15-20/h1-15H,16-18,30H2,(H2,31,32)(H,36,37)/t28-,29+/m0/s1. The Balaban J connectivity index is 1.70. The summed E-state index contributed by atoms with van der Waals surface area (Å²) in [7, 11) is 0. The zero-order valence-electron chi connectivity index (χ0n) is 20.4. The number of para-hydroxylation sites is 1. The number of carboxylic acid groups (broad SMARTS) is 1. The van der Waals surface area contributed by atoms with Crippen molar-refractivity contribution in [2.24, 2.45) is 5.73 Å². The number of carbonyl (C=O) groups is 3. The molecule has 2 heterocycles. The smallest absolute Gasteiger partial charge is 0.338 e. The number of ether oxygens (including phenoxy) is 1. The Hall–Kier alpha value is -4.76. The highest BCUT2D eigenvalue weighted by Gasteiger charge is 2.65. The van der Waals surface area contributed by atoms with E-state index in [1.54, 1.807) is 66.9 Å². The van der Waals surface area contributed by atoms with Crippen LogP contribution in [0.2, 0.25) is 0 Å². The first-order chi connectivity index (χ1) is 18.3. The van der Waals surface area contributed by atoms with E-state index in [4.69, 9.17) is 16.2 Å². The van der Waals surface area contributed by atoms with E-state index >= 15 is 0 Å². The van der Waals surface area contributed by atoms with Crippen molar-refractivity contribution in [2.75, 3.05) is 18.8 Å². The molecule has 1 aliphatic rings. The molecule has 0 bridgehead atoms. The Morgan fingerprint density at radius 3 is 2.32 bits per heavy atom. The predicted molar refractivity (Wildman–Crippen MR) is 141 cm³/mol. The highest BCUT2D eigenvalue weighted by Crippen LogP contribution is 2.47. The van der Waals surface area contributed by atoms with E-state index < -0.39 is 35.3 Å². The monoisotopic (exact) mass is 510 g/mol. The van der Waals surface area contributed by atoms with Crippen molar-refractivity contribution in [1.29, 1.82) is 0 Å². The van der Waals surface area contributed by atoms with Crippen LogP contribution in [0, 0.1) is 0 Å². The molecule has 4 aromatic rings. The molecule has 0 saturated carbocycles. The number of likely N-dealkylation sites (tertiary alicyclic amines) is 1. The third kappa shape index (κ3) is 4.03. The molecular weight excluding hydrogens is 484 g/mol. The van der Waals surface area contributed by atoms with Crippen molar-refractivity contribution < 1.29 is 24.2 Å².